The molecule has 3 rings (SSSR count). The molecule has 0 saturated carbocycles. The zero-order valence-corrected chi connectivity index (χ0v) is 25.6. The van der Waals surface area contributed by atoms with E-state index in [0.29, 0.717) is 43.1 Å². The maximum absolute atomic E-state index is 12.8. The highest BCUT2D eigenvalue weighted by Gasteiger charge is 2.20. The highest BCUT2D eigenvalue weighted by Crippen LogP contribution is 2.27. The second-order valence-corrected chi connectivity index (χ2v) is 9.81. The van der Waals surface area contributed by atoms with E-state index < -0.39 is 23.9 Å². The molecule has 0 aromatic heterocycles. The summed E-state index contributed by atoms with van der Waals surface area (Å²) in [6.07, 6.45) is 6.80. The van der Waals surface area contributed by atoms with E-state index in [1.165, 1.54) is 43.9 Å². The SMILES string of the molecule is C=CC(=O)OCCCCOc1ccc(C(=O)Oc2ccc(OC(=O)c3ccc(OCCCCCC)cc3)cc2C(=O)OC)cc1. The van der Waals surface area contributed by atoms with Gasteiger partial charge in [-0.1, -0.05) is 32.8 Å². The molecule has 0 saturated heterocycles. The molecule has 0 radical (unpaired) electrons. The molecule has 0 N–H and O–H groups in total. The van der Waals surface area contributed by atoms with Crippen molar-refractivity contribution in [2.24, 2.45) is 0 Å². The minimum atomic E-state index is -0.779. The maximum Gasteiger partial charge on any atom is 0.343 e. The maximum atomic E-state index is 12.8. The third-order valence-corrected chi connectivity index (χ3v) is 6.43. The molecule has 0 amide bonds. The van der Waals surface area contributed by atoms with Crippen LogP contribution in [0, 0.1) is 0 Å². The van der Waals surface area contributed by atoms with Gasteiger partial charge in [0.25, 0.3) is 0 Å². The number of carbonyl (C=O) groups excluding carboxylic acids is 4. The predicted octanol–water partition coefficient (Wildman–Crippen LogP) is 6.76. The average molecular weight is 619 g/mol. The molecule has 238 valence electrons. The van der Waals surface area contributed by atoms with E-state index in [1.54, 1.807) is 36.4 Å². The van der Waals surface area contributed by atoms with Crippen LogP contribution in [0.3, 0.4) is 0 Å². The molecule has 0 bridgehead atoms. The first kappa shape index (κ1) is 34.4. The highest BCUT2D eigenvalue weighted by molar-refractivity contribution is 5.97. The predicted molar refractivity (Wildman–Crippen MR) is 166 cm³/mol. The molecule has 0 atom stereocenters. The average Bonchev–Trinajstić information content (AvgIpc) is 3.06. The molecule has 0 unspecified atom stereocenters. The molecule has 10 nitrogen and oxygen atoms in total. The number of rotatable bonds is 18. The van der Waals surface area contributed by atoms with Crippen molar-refractivity contribution in [2.45, 2.75) is 45.4 Å². The summed E-state index contributed by atoms with van der Waals surface area (Å²) >= 11 is 0. The number of carbonyl (C=O) groups is 4. The Morgan fingerprint density at radius 2 is 1.18 bits per heavy atom. The van der Waals surface area contributed by atoms with Gasteiger partial charge in [0, 0.05) is 6.08 Å². The summed E-state index contributed by atoms with van der Waals surface area (Å²) in [5, 5.41) is 0. The number of ether oxygens (including phenoxy) is 6. The number of unbranched alkanes of at least 4 members (excludes halogenated alkanes) is 4. The third kappa shape index (κ3) is 11.5. The fraction of sp³-hybridized carbons (Fsp3) is 0.314. The summed E-state index contributed by atoms with van der Waals surface area (Å²) in [7, 11) is 1.19. The fourth-order valence-electron chi connectivity index (χ4n) is 3.97. The summed E-state index contributed by atoms with van der Waals surface area (Å²) in [6, 6.07) is 16.9. The highest BCUT2D eigenvalue weighted by atomic mass is 16.6. The summed E-state index contributed by atoms with van der Waals surface area (Å²) in [5.74, 6) is -1.39. The monoisotopic (exact) mass is 618 g/mol. The van der Waals surface area contributed by atoms with Crippen molar-refractivity contribution in [2.75, 3.05) is 26.9 Å². The Hall–Kier alpha value is -5.12. The van der Waals surface area contributed by atoms with Gasteiger partial charge in [-0.3, -0.25) is 0 Å². The first-order chi connectivity index (χ1) is 21.8. The zero-order chi connectivity index (χ0) is 32.4. The van der Waals surface area contributed by atoms with Crippen molar-refractivity contribution in [1.82, 2.24) is 0 Å². The Morgan fingerprint density at radius 3 is 1.73 bits per heavy atom. The van der Waals surface area contributed by atoms with Crippen LogP contribution in [0.5, 0.6) is 23.0 Å². The molecule has 3 aromatic rings. The van der Waals surface area contributed by atoms with E-state index in [4.69, 9.17) is 28.4 Å². The summed E-state index contributed by atoms with van der Waals surface area (Å²) in [4.78, 5) is 49.1. The summed E-state index contributed by atoms with van der Waals surface area (Å²) < 4.78 is 32.0. The van der Waals surface area contributed by atoms with Crippen molar-refractivity contribution in [3.8, 4) is 23.0 Å². The lowest BCUT2D eigenvalue weighted by atomic mass is 10.1. The van der Waals surface area contributed by atoms with Crippen LogP contribution in [0.25, 0.3) is 0 Å². The fourth-order valence-corrected chi connectivity index (χ4v) is 3.97. The lowest BCUT2D eigenvalue weighted by molar-refractivity contribution is -0.137. The quantitative estimate of drug-likeness (QED) is 0.0654. The zero-order valence-electron chi connectivity index (χ0n) is 25.6. The Bertz CT molecular complexity index is 1430. The van der Waals surface area contributed by atoms with E-state index >= 15 is 0 Å². The van der Waals surface area contributed by atoms with Gasteiger partial charge in [0.2, 0.25) is 0 Å². The van der Waals surface area contributed by atoms with Gasteiger partial charge in [0.05, 0.1) is 38.1 Å². The van der Waals surface area contributed by atoms with Crippen molar-refractivity contribution in [3.05, 3.63) is 96.1 Å². The van der Waals surface area contributed by atoms with E-state index in [0.717, 1.165) is 25.3 Å². The Balaban J connectivity index is 1.56. The molecular formula is C35H38O10. The van der Waals surface area contributed by atoms with Crippen LogP contribution in [-0.4, -0.2) is 50.8 Å². The molecule has 0 spiro atoms. The molecule has 10 heteroatoms. The van der Waals surface area contributed by atoms with Crippen LogP contribution in [0.2, 0.25) is 0 Å². The second kappa shape index (κ2) is 18.5. The molecule has 0 aliphatic rings. The number of esters is 4. The smallest absolute Gasteiger partial charge is 0.343 e. The van der Waals surface area contributed by atoms with Crippen LogP contribution >= 0.6 is 0 Å². The van der Waals surface area contributed by atoms with E-state index in [-0.39, 0.29) is 29.2 Å². The van der Waals surface area contributed by atoms with Crippen molar-refractivity contribution in [3.63, 3.8) is 0 Å². The van der Waals surface area contributed by atoms with Crippen molar-refractivity contribution in [1.29, 1.82) is 0 Å². The Labute approximate surface area is 262 Å². The summed E-state index contributed by atoms with van der Waals surface area (Å²) in [6.45, 7) is 6.77. The van der Waals surface area contributed by atoms with Gasteiger partial charge in [0.15, 0.2) is 0 Å². The number of methoxy groups -OCH3 is 1. The standard InChI is InChI=1S/C35H38O10/c1-4-6-7-8-21-41-27-15-11-25(12-16-27)33(37)44-29-19-20-31(30(24-29)35(39)40-3)45-34(38)26-13-17-28(18-14-26)42-22-9-10-23-43-32(36)5-2/h5,11-20,24H,2,4,6-10,21-23H2,1,3H3. The molecule has 0 aliphatic heterocycles. The molecular weight excluding hydrogens is 580 g/mol. The molecule has 3 aromatic carbocycles. The summed E-state index contributed by atoms with van der Waals surface area (Å²) in [5.41, 5.74) is 0.421. The van der Waals surface area contributed by atoms with E-state index in [9.17, 15) is 19.2 Å². The van der Waals surface area contributed by atoms with Crippen molar-refractivity contribution >= 4 is 23.9 Å². The van der Waals surface area contributed by atoms with Gasteiger partial charge in [-0.15, -0.1) is 0 Å². The van der Waals surface area contributed by atoms with Gasteiger partial charge in [-0.05, 0) is 86.0 Å². The molecule has 0 heterocycles. The van der Waals surface area contributed by atoms with E-state index in [2.05, 4.69) is 13.5 Å². The molecule has 0 aliphatic carbocycles. The number of benzene rings is 3. The van der Waals surface area contributed by atoms with Crippen LogP contribution in [0.15, 0.2) is 79.4 Å². The number of hydrogen-bond donors (Lipinski definition) is 0. The Kier molecular flexibility index (Phi) is 14.1. The van der Waals surface area contributed by atoms with Gasteiger partial charge in [0.1, 0.15) is 28.6 Å². The normalized spacial score (nSPS) is 10.4. The second-order valence-electron chi connectivity index (χ2n) is 9.81. The van der Waals surface area contributed by atoms with E-state index in [1.807, 2.05) is 0 Å². The van der Waals surface area contributed by atoms with Crippen molar-refractivity contribution < 1.29 is 47.6 Å². The van der Waals surface area contributed by atoms with Crippen LogP contribution in [-0.2, 0) is 14.3 Å². The third-order valence-electron chi connectivity index (χ3n) is 6.43. The minimum Gasteiger partial charge on any atom is -0.494 e. The van der Waals surface area contributed by atoms with Crippen LogP contribution in [0.4, 0.5) is 0 Å². The Morgan fingerprint density at radius 1 is 0.644 bits per heavy atom. The molecule has 0 fully saturated rings. The first-order valence-electron chi connectivity index (χ1n) is 14.8. The van der Waals surface area contributed by atoms with Gasteiger partial charge in [-0.25, -0.2) is 19.2 Å². The lowest BCUT2D eigenvalue weighted by Crippen LogP contribution is -2.13. The van der Waals surface area contributed by atoms with Crippen LogP contribution < -0.4 is 18.9 Å². The minimum absolute atomic E-state index is 0.0652. The van der Waals surface area contributed by atoms with Gasteiger partial charge >= 0.3 is 23.9 Å². The lowest BCUT2D eigenvalue weighted by Gasteiger charge is -2.12. The van der Waals surface area contributed by atoms with Gasteiger partial charge in [-0.2, -0.15) is 0 Å². The topological polar surface area (TPSA) is 124 Å². The van der Waals surface area contributed by atoms with Gasteiger partial charge < -0.3 is 28.4 Å². The largest absolute Gasteiger partial charge is 0.494 e. The molecule has 45 heavy (non-hydrogen) atoms. The first-order valence-corrected chi connectivity index (χ1v) is 14.8. The number of hydrogen-bond acceptors (Lipinski definition) is 10. The van der Waals surface area contributed by atoms with Crippen LogP contribution in [0.1, 0.15) is 76.5 Å².